The molecule has 0 aromatic heterocycles. The number of hydrogen-bond donors (Lipinski definition) is 1. The van der Waals surface area contributed by atoms with Gasteiger partial charge in [0.1, 0.15) is 5.71 Å². The number of nitrogens with one attached hydrogen (secondary N) is 1. The molecule has 1 N–H and O–H groups in total. The van der Waals surface area contributed by atoms with Gasteiger partial charge in [-0.3, -0.25) is 10.2 Å². The number of fused-ring (bicyclic) bond motifs is 1. The van der Waals surface area contributed by atoms with Crippen molar-refractivity contribution in [2.45, 2.75) is 20.3 Å². The van der Waals surface area contributed by atoms with E-state index in [-0.39, 0.29) is 11.2 Å². The van der Waals surface area contributed by atoms with Crippen LogP contribution in [0.4, 0.5) is 5.69 Å². The molecule has 0 heterocycles. The lowest BCUT2D eigenvalue weighted by atomic mass is 9.72. The second-order valence-electron chi connectivity index (χ2n) is 6.46. The summed E-state index contributed by atoms with van der Waals surface area (Å²) in [5.41, 5.74) is 6.02. The molecule has 2 aromatic rings. The summed E-state index contributed by atoms with van der Waals surface area (Å²) in [6.45, 7) is 4.03. The van der Waals surface area contributed by atoms with Crippen LogP contribution in [-0.4, -0.2) is 11.5 Å². The molecule has 1 aliphatic carbocycles. The van der Waals surface area contributed by atoms with Crippen molar-refractivity contribution >= 4 is 33.1 Å². The SMILES string of the molecule is CC1(C)Cc2cc(Br)ccc2C(=O)/C1=N\Nc1cccc(C#N)c1. The van der Waals surface area contributed by atoms with Gasteiger partial charge in [0.25, 0.3) is 0 Å². The standard InChI is InChI=1S/C19H16BrN3O/c1-19(2)10-13-9-14(20)6-7-16(13)17(24)18(19)23-22-15-5-3-4-12(8-15)11-21/h3-9,22H,10H2,1-2H3/b23-18+. The molecule has 0 bridgehead atoms. The van der Waals surface area contributed by atoms with Gasteiger partial charge in [0, 0.05) is 15.5 Å². The molecule has 0 aliphatic heterocycles. The topological polar surface area (TPSA) is 65.2 Å². The van der Waals surface area contributed by atoms with Crippen LogP contribution in [0, 0.1) is 16.7 Å². The van der Waals surface area contributed by atoms with Crippen LogP contribution in [0.15, 0.2) is 52.0 Å². The minimum Gasteiger partial charge on any atom is -0.287 e. The highest BCUT2D eigenvalue weighted by atomic mass is 79.9. The summed E-state index contributed by atoms with van der Waals surface area (Å²) in [7, 11) is 0. The third kappa shape index (κ3) is 3.10. The van der Waals surface area contributed by atoms with Crippen LogP contribution < -0.4 is 5.43 Å². The van der Waals surface area contributed by atoms with Gasteiger partial charge in [-0.2, -0.15) is 10.4 Å². The fourth-order valence-corrected chi connectivity index (χ4v) is 3.31. The van der Waals surface area contributed by atoms with Crippen molar-refractivity contribution in [1.29, 1.82) is 5.26 Å². The van der Waals surface area contributed by atoms with Crippen molar-refractivity contribution < 1.29 is 4.79 Å². The molecule has 1 aliphatic rings. The Morgan fingerprint density at radius 3 is 2.79 bits per heavy atom. The van der Waals surface area contributed by atoms with E-state index in [1.165, 1.54) is 0 Å². The molecule has 2 aromatic carbocycles. The van der Waals surface area contributed by atoms with E-state index in [9.17, 15) is 4.79 Å². The second-order valence-corrected chi connectivity index (χ2v) is 7.37. The molecular weight excluding hydrogens is 366 g/mol. The molecule has 3 rings (SSSR count). The first kappa shape index (κ1) is 16.4. The molecule has 0 saturated heterocycles. The first-order chi connectivity index (χ1) is 11.4. The first-order valence-electron chi connectivity index (χ1n) is 7.58. The van der Waals surface area contributed by atoms with Gasteiger partial charge < -0.3 is 0 Å². The lowest BCUT2D eigenvalue weighted by Crippen LogP contribution is -2.39. The Balaban J connectivity index is 1.96. The summed E-state index contributed by atoms with van der Waals surface area (Å²) in [4.78, 5) is 12.8. The molecule has 5 heteroatoms. The zero-order chi connectivity index (χ0) is 17.3. The highest BCUT2D eigenvalue weighted by molar-refractivity contribution is 9.10. The van der Waals surface area contributed by atoms with E-state index in [1.807, 2.05) is 38.1 Å². The number of carbonyl (C=O) groups excluding carboxylic acids is 1. The normalized spacial score (nSPS) is 17.2. The number of hydrogen-bond acceptors (Lipinski definition) is 4. The van der Waals surface area contributed by atoms with Gasteiger partial charge in [-0.15, -0.1) is 0 Å². The van der Waals surface area contributed by atoms with E-state index >= 15 is 0 Å². The van der Waals surface area contributed by atoms with E-state index in [4.69, 9.17) is 5.26 Å². The highest BCUT2D eigenvalue weighted by Gasteiger charge is 2.38. The Morgan fingerprint density at radius 2 is 2.04 bits per heavy atom. The largest absolute Gasteiger partial charge is 0.287 e. The molecule has 4 nitrogen and oxygen atoms in total. The minimum absolute atomic E-state index is 0.0577. The zero-order valence-electron chi connectivity index (χ0n) is 13.4. The number of benzene rings is 2. The molecule has 0 fully saturated rings. The number of ketones is 1. The average molecular weight is 382 g/mol. The zero-order valence-corrected chi connectivity index (χ0v) is 15.0. The summed E-state index contributed by atoms with van der Waals surface area (Å²) in [5.74, 6) is -0.0577. The van der Waals surface area contributed by atoms with Gasteiger partial charge in [0.15, 0.2) is 0 Å². The fourth-order valence-electron chi connectivity index (χ4n) is 2.91. The summed E-state index contributed by atoms with van der Waals surface area (Å²) in [5, 5.41) is 13.3. The Kier molecular flexibility index (Phi) is 4.25. The summed E-state index contributed by atoms with van der Waals surface area (Å²) in [6.07, 6.45) is 0.742. The molecule has 0 spiro atoms. The van der Waals surface area contributed by atoms with Crippen LogP contribution in [0.5, 0.6) is 0 Å². The van der Waals surface area contributed by atoms with Crippen LogP contribution in [0.2, 0.25) is 0 Å². The number of nitriles is 1. The summed E-state index contributed by atoms with van der Waals surface area (Å²) >= 11 is 3.46. The Labute approximate surface area is 149 Å². The van der Waals surface area contributed by atoms with E-state index in [1.54, 1.807) is 18.2 Å². The smallest absolute Gasteiger partial charge is 0.209 e. The van der Waals surface area contributed by atoms with Crippen LogP contribution in [-0.2, 0) is 6.42 Å². The van der Waals surface area contributed by atoms with Crippen LogP contribution in [0.3, 0.4) is 0 Å². The van der Waals surface area contributed by atoms with Gasteiger partial charge in [-0.1, -0.05) is 35.8 Å². The number of rotatable bonds is 2. The van der Waals surface area contributed by atoms with Gasteiger partial charge in [-0.05, 0) is 48.4 Å². The Bertz CT molecular complexity index is 894. The van der Waals surface area contributed by atoms with E-state index in [2.05, 4.69) is 32.5 Å². The maximum Gasteiger partial charge on any atom is 0.209 e. The molecule has 0 unspecified atom stereocenters. The molecule has 0 radical (unpaired) electrons. The van der Waals surface area contributed by atoms with Gasteiger partial charge >= 0.3 is 0 Å². The first-order valence-corrected chi connectivity index (χ1v) is 8.37. The number of nitrogens with zero attached hydrogens (tertiary/aromatic N) is 2. The molecular formula is C19H16BrN3O. The van der Waals surface area contributed by atoms with Crippen molar-refractivity contribution in [3.63, 3.8) is 0 Å². The number of anilines is 1. The van der Waals surface area contributed by atoms with Crippen molar-refractivity contribution in [2.75, 3.05) is 5.43 Å². The Morgan fingerprint density at radius 1 is 1.25 bits per heavy atom. The van der Waals surface area contributed by atoms with Gasteiger partial charge in [-0.25, -0.2) is 0 Å². The summed E-state index contributed by atoms with van der Waals surface area (Å²) < 4.78 is 0.969. The average Bonchev–Trinajstić information content (AvgIpc) is 2.53. The van der Waals surface area contributed by atoms with Crippen LogP contribution in [0.25, 0.3) is 0 Å². The molecule has 120 valence electrons. The van der Waals surface area contributed by atoms with Crippen molar-refractivity contribution in [1.82, 2.24) is 0 Å². The number of carbonyl (C=O) groups is 1. The minimum atomic E-state index is -0.370. The molecule has 0 saturated carbocycles. The van der Waals surface area contributed by atoms with Gasteiger partial charge in [0.2, 0.25) is 5.78 Å². The molecule has 24 heavy (non-hydrogen) atoms. The maximum absolute atomic E-state index is 12.8. The number of hydrazone groups is 1. The maximum atomic E-state index is 12.8. The van der Waals surface area contributed by atoms with E-state index in [0.717, 1.165) is 16.5 Å². The number of halogens is 1. The lowest BCUT2D eigenvalue weighted by Gasteiger charge is -2.31. The van der Waals surface area contributed by atoms with Crippen LogP contribution in [0.1, 0.15) is 35.3 Å². The van der Waals surface area contributed by atoms with Crippen LogP contribution >= 0.6 is 15.9 Å². The van der Waals surface area contributed by atoms with Crippen molar-refractivity contribution in [3.05, 3.63) is 63.6 Å². The lowest BCUT2D eigenvalue weighted by molar-refractivity contribution is 0.104. The second kappa shape index (κ2) is 6.21. The third-order valence-electron chi connectivity index (χ3n) is 4.09. The fraction of sp³-hybridized carbons (Fsp3) is 0.211. The molecule has 0 atom stereocenters. The van der Waals surface area contributed by atoms with E-state index in [0.29, 0.717) is 22.5 Å². The van der Waals surface area contributed by atoms with Gasteiger partial charge in [0.05, 0.1) is 17.3 Å². The quantitative estimate of drug-likeness (QED) is 0.775. The Hall–Kier alpha value is -2.45. The monoisotopic (exact) mass is 381 g/mol. The predicted molar refractivity (Wildman–Crippen MR) is 98.2 cm³/mol. The highest BCUT2D eigenvalue weighted by Crippen LogP contribution is 2.34. The molecule has 0 amide bonds. The number of Topliss-reactive ketones (excluding diaryl/α,β-unsaturated/α-hetero) is 1. The third-order valence-corrected chi connectivity index (χ3v) is 4.58. The van der Waals surface area contributed by atoms with Crippen molar-refractivity contribution in [2.24, 2.45) is 10.5 Å². The predicted octanol–water partition coefficient (Wildman–Crippen LogP) is 4.55. The summed E-state index contributed by atoms with van der Waals surface area (Å²) in [6, 6.07) is 14.8. The van der Waals surface area contributed by atoms with E-state index < -0.39 is 0 Å². The van der Waals surface area contributed by atoms with Crippen molar-refractivity contribution in [3.8, 4) is 6.07 Å².